The van der Waals surface area contributed by atoms with Gasteiger partial charge in [-0.05, 0) is 51.0 Å². The normalized spacial score (nSPS) is 13.2. The molecule has 0 aliphatic heterocycles. The monoisotopic (exact) mass is 570 g/mol. The number of nitrogens with zero attached hydrogens (tertiary/aromatic N) is 1. The Labute approximate surface area is 239 Å². The molecule has 2 aromatic carbocycles. The minimum atomic E-state index is -1.19. The number of carboxylic acids is 1. The first-order chi connectivity index (χ1) is 19.2. The lowest BCUT2D eigenvalue weighted by Crippen LogP contribution is -2.55. The van der Waals surface area contributed by atoms with Crippen LogP contribution in [0.1, 0.15) is 38.8 Å². The highest BCUT2D eigenvalue weighted by Crippen LogP contribution is 2.13. The highest BCUT2D eigenvalue weighted by atomic mass is 16.6. The number of carboxylic acid groups (broad SMARTS) is 1. The standard InChI is InChI=1S/C29H38N4O8/c1-18(25(36)30-17-24(35)33(5)23(27(38)39)16-19-9-7-6-8-10-19)31-26(37)22(32-28(40)41-29(2,3)4)15-20-11-13-21(34)14-12-20/h6-14,18,22-23,34H,15-17H2,1-5H3,(H,30,36)(H,31,37)(H,32,40)(H,38,39)/t18-,22+,23+/m1/s1. The Morgan fingerprint density at radius 2 is 1.46 bits per heavy atom. The van der Waals surface area contributed by atoms with Crippen LogP contribution >= 0.6 is 0 Å². The number of ether oxygens (including phenoxy) is 1. The van der Waals surface area contributed by atoms with Crippen LogP contribution in [-0.2, 0) is 36.8 Å². The maximum absolute atomic E-state index is 13.1. The number of nitrogens with one attached hydrogen (secondary N) is 3. The highest BCUT2D eigenvalue weighted by Gasteiger charge is 2.29. The van der Waals surface area contributed by atoms with Crippen LogP contribution in [0.15, 0.2) is 54.6 Å². The van der Waals surface area contributed by atoms with Gasteiger partial charge in [0.1, 0.15) is 29.5 Å². The van der Waals surface area contributed by atoms with Crippen LogP contribution in [0.25, 0.3) is 0 Å². The Morgan fingerprint density at radius 1 is 0.878 bits per heavy atom. The molecule has 0 spiro atoms. The van der Waals surface area contributed by atoms with Crippen LogP contribution in [0, 0.1) is 0 Å². The smallest absolute Gasteiger partial charge is 0.408 e. The Bertz CT molecular complexity index is 1210. The van der Waals surface area contributed by atoms with Gasteiger partial charge >= 0.3 is 12.1 Å². The predicted molar refractivity (Wildman–Crippen MR) is 150 cm³/mol. The van der Waals surface area contributed by atoms with E-state index in [1.807, 2.05) is 0 Å². The van der Waals surface area contributed by atoms with Crippen molar-refractivity contribution in [2.45, 2.75) is 64.3 Å². The van der Waals surface area contributed by atoms with Crippen LogP contribution < -0.4 is 16.0 Å². The number of aliphatic carboxylic acids is 1. The molecule has 0 saturated heterocycles. The summed E-state index contributed by atoms with van der Waals surface area (Å²) in [4.78, 5) is 63.7. The lowest BCUT2D eigenvalue weighted by Gasteiger charge is -2.26. The number of alkyl carbamates (subject to hydrolysis) is 1. The van der Waals surface area contributed by atoms with E-state index < -0.39 is 60.1 Å². The second kappa shape index (κ2) is 14.7. The average molecular weight is 571 g/mol. The summed E-state index contributed by atoms with van der Waals surface area (Å²) in [6.07, 6.45) is -0.696. The fourth-order valence-electron chi connectivity index (χ4n) is 3.75. The van der Waals surface area contributed by atoms with Crippen molar-refractivity contribution in [3.63, 3.8) is 0 Å². The fraction of sp³-hybridized carbons (Fsp3) is 0.414. The van der Waals surface area contributed by atoms with E-state index in [0.29, 0.717) is 5.56 Å². The van der Waals surface area contributed by atoms with E-state index >= 15 is 0 Å². The first-order valence-electron chi connectivity index (χ1n) is 13.0. The number of amides is 4. The topological polar surface area (TPSA) is 174 Å². The summed E-state index contributed by atoms with van der Waals surface area (Å²) in [5, 5.41) is 26.6. The molecule has 0 aromatic heterocycles. The molecular formula is C29H38N4O8. The summed E-state index contributed by atoms with van der Waals surface area (Å²) in [7, 11) is 1.34. The van der Waals surface area contributed by atoms with Crippen molar-refractivity contribution in [1.82, 2.24) is 20.9 Å². The third-order valence-electron chi connectivity index (χ3n) is 5.97. The van der Waals surface area contributed by atoms with E-state index in [2.05, 4.69) is 16.0 Å². The van der Waals surface area contributed by atoms with Crippen molar-refractivity contribution in [2.24, 2.45) is 0 Å². The summed E-state index contributed by atoms with van der Waals surface area (Å²) in [5.74, 6) is -3.14. The number of rotatable bonds is 12. The third kappa shape index (κ3) is 11.2. The second-order valence-electron chi connectivity index (χ2n) is 10.6. The third-order valence-corrected chi connectivity index (χ3v) is 5.97. The molecule has 4 amide bonds. The van der Waals surface area contributed by atoms with Crippen molar-refractivity contribution < 1.29 is 38.9 Å². The molecule has 41 heavy (non-hydrogen) atoms. The quantitative estimate of drug-likeness (QED) is 0.256. The molecule has 0 aliphatic rings. The minimum Gasteiger partial charge on any atom is -0.508 e. The minimum absolute atomic E-state index is 0.0371. The van der Waals surface area contributed by atoms with Gasteiger partial charge in [0.25, 0.3) is 0 Å². The van der Waals surface area contributed by atoms with Gasteiger partial charge < -0.3 is 35.8 Å². The van der Waals surface area contributed by atoms with Crippen LogP contribution in [0.2, 0.25) is 0 Å². The molecule has 0 saturated carbocycles. The predicted octanol–water partition coefficient (Wildman–Crippen LogP) is 1.60. The Hall–Kier alpha value is -4.61. The number of carbonyl (C=O) groups excluding carboxylic acids is 4. The molecule has 0 unspecified atom stereocenters. The summed E-state index contributed by atoms with van der Waals surface area (Å²) in [6.45, 7) is 5.94. The molecule has 12 nitrogen and oxygen atoms in total. The first-order valence-corrected chi connectivity index (χ1v) is 13.0. The molecule has 0 radical (unpaired) electrons. The SMILES string of the molecule is C[C@@H](NC(=O)[C@H](Cc1ccc(O)cc1)NC(=O)OC(C)(C)C)C(=O)NCC(=O)N(C)[C@@H](Cc1ccccc1)C(=O)O. The van der Waals surface area contributed by atoms with Gasteiger partial charge in [0, 0.05) is 19.9 Å². The van der Waals surface area contributed by atoms with E-state index in [1.54, 1.807) is 63.2 Å². The number of hydrogen-bond acceptors (Lipinski definition) is 7. The first kappa shape index (κ1) is 32.6. The maximum Gasteiger partial charge on any atom is 0.408 e. The Morgan fingerprint density at radius 3 is 2.02 bits per heavy atom. The molecular weight excluding hydrogens is 532 g/mol. The molecule has 222 valence electrons. The molecule has 0 fully saturated rings. The number of phenols is 1. The van der Waals surface area contributed by atoms with E-state index in [1.165, 1.54) is 26.1 Å². The molecule has 0 heterocycles. The van der Waals surface area contributed by atoms with Gasteiger partial charge in [-0.1, -0.05) is 42.5 Å². The van der Waals surface area contributed by atoms with Crippen LogP contribution in [0.5, 0.6) is 5.75 Å². The van der Waals surface area contributed by atoms with E-state index in [0.717, 1.165) is 10.5 Å². The second-order valence-corrected chi connectivity index (χ2v) is 10.6. The molecule has 3 atom stereocenters. The van der Waals surface area contributed by atoms with E-state index in [9.17, 15) is 34.2 Å². The number of benzene rings is 2. The molecule has 5 N–H and O–H groups in total. The van der Waals surface area contributed by atoms with Crippen molar-refractivity contribution in [3.05, 3.63) is 65.7 Å². The van der Waals surface area contributed by atoms with Crippen LogP contribution in [-0.4, -0.2) is 82.2 Å². The molecule has 2 rings (SSSR count). The lowest BCUT2D eigenvalue weighted by molar-refractivity contribution is -0.148. The zero-order chi connectivity index (χ0) is 30.7. The lowest BCUT2D eigenvalue weighted by atomic mass is 10.0. The summed E-state index contributed by atoms with van der Waals surface area (Å²) in [5.41, 5.74) is 0.562. The van der Waals surface area contributed by atoms with E-state index in [4.69, 9.17) is 4.74 Å². The number of hydrogen-bond donors (Lipinski definition) is 5. The van der Waals surface area contributed by atoms with Crippen LogP contribution in [0.4, 0.5) is 4.79 Å². The molecule has 12 heteroatoms. The number of carbonyl (C=O) groups is 5. The fourth-order valence-corrected chi connectivity index (χ4v) is 3.75. The number of likely N-dealkylation sites (N-methyl/N-ethyl adjacent to an activating group) is 1. The van der Waals surface area contributed by atoms with Gasteiger partial charge in [-0.2, -0.15) is 0 Å². The zero-order valence-corrected chi connectivity index (χ0v) is 23.8. The Balaban J connectivity index is 2.00. The summed E-state index contributed by atoms with van der Waals surface area (Å²) < 4.78 is 5.26. The molecule has 0 aliphatic carbocycles. The summed E-state index contributed by atoms with van der Waals surface area (Å²) >= 11 is 0. The Kier molecular flexibility index (Phi) is 11.7. The van der Waals surface area contributed by atoms with Crippen molar-refractivity contribution in [1.29, 1.82) is 0 Å². The van der Waals surface area contributed by atoms with Gasteiger partial charge in [0.05, 0.1) is 6.54 Å². The molecule has 0 bridgehead atoms. The summed E-state index contributed by atoms with van der Waals surface area (Å²) in [6, 6.07) is 11.6. The van der Waals surface area contributed by atoms with Crippen LogP contribution in [0.3, 0.4) is 0 Å². The largest absolute Gasteiger partial charge is 0.508 e. The average Bonchev–Trinajstić information content (AvgIpc) is 2.89. The van der Waals surface area contributed by atoms with Gasteiger partial charge in [-0.25, -0.2) is 9.59 Å². The van der Waals surface area contributed by atoms with Gasteiger partial charge in [0.15, 0.2) is 0 Å². The molecule has 2 aromatic rings. The van der Waals surface area contributed by atoms with Crippen molar-refractivity contribution in [2.75, 3.05) is 13.6 Å². The maximum atomic E-state index is 13.1. The van der Waals surface area contributed by atoms with Gasteiger partial charge in [-0.15, -0.1) is 0 Å². The number of phenolic OH excluding ortho intramolecular Hbond substituents is 1. The van der Waals surface area contributed by atoms with Crippen molar-refractivity contribution in [3.8, 4) is 5.75 Å². The zero-order valence-electron chi connectivity index (χ0n) is 23.8. The van der Waals surface area contributed by atoms with Gasteiger partial charge in [0.2, 0.25) is 17.7 Å². The highest BCUT2D eigenvalue weighted by molar-refractivity contribution is 5.93. The van der Waals surface area contributed by atoms with Gasteiger partial charge in [-0.3, -0.25) is 14.4 Å². The van der Waals surface area contributed by atoms with E-state index in [-0.39, 0.29) is 18.6 Å². The number of aromatic hydroxyl groups is 1. The van der Waals surface area contributed by atoms with Crippen molar-refractivity contribution >= 4 is 29.8 Å².